The van der Waals surface area contributed by atoms with Crippen LogP contribution in [0, 0.1) is 6.92 Å². The van der Waals surface area contributed by atoms with E-state index in [1.54, 1.807) is 6.20 Å². The van der Waals surface area contributed by atoms with Gasteiger partial charge < -0.3 is 10.7 Å². The van der Waals surface area contributed by atoms with E-state index in [-0.39, 0.29) is 0 Å². The Morgan fingerprint density at radius 3 is 2.70 bits per heavy atom. The monoisotopic (exact) mass is 382 g/mol. The molecular weight excluding hydrogens is 360 g/mol. The number of pyridine rings is 1. The average molecular weight is 382 g/mol. The van der Waals surface area contributed by atoms with Gasteiger partial charge in [-0.2, -0.15) is 4.31 Å². The molecule has 2 aromatic heterocycles. The predicted molar refractivity (Wildman–Crippen MR) is 110 cm³/mol. The van der Waals surface area contributed by atoms with Crippen molar-refractivity contribution in [3.8, 4) is 11.1 Å². The summed E-state index contributed by atoms with van der Waals surface area (Å²) in [6.07, 6.45) is 5.68. The molecule has 0 spiro atoms. The summed E-state index contributed by atoms with van der Waals surface area (Å²) in [5.41, 5.74) is 12.9. The molecule has 0 bridgehead atoms. The summed E-state index contributed by atoms with van der Waals surface area (Å²) < 4.78 is 24.9. The first kappa shape index (κ1) is 17.8. The number of aromatic amines is 1. The molecule has 3 aromatic rings. The molecule has 1 aliphatic rings. The van der Waals surface area contributed by atoms with E-state index in [1.165, 1.54) is 10.6 Å². The molecule has 0 saturated carbocycles. The number of hydrogen-bond acceptors (Lipinski definition) is 4. The molecule has 0 saturated heterocycles. The third-order valence-corrected chi connectivity index (χ3v) is 6.38. The van der Waals surface area contributed by atoms with E-state index in [2.05, 4.69) is 22.1 Å². The Morgan fingerprint density at radius 1 is 1.22 bits per heavy atom. The Kier molecular flexibility index (Phi) is 4.28. The number of anilines is 1. The number of nitrogens with two attached hydrogens (primary N) is 1. The molecule has 1 aromatic carbocycles. The van der Waals surface area contributed by atoms with Crippen molar-refractivity contribution >= 4 is 32.3 Å². The highest BCUT2D eigenvalue weighted by Crippen LogP contribution is 2.32. The van der Waals surface area contributed by atoms with Crippen LogP contribution in [0.3, 0.4) is 0 Å². The van der Waals surface area contributed by atoms with E-state index >= 15 is 0 Å². The molecule has 7 heteroatoms. The van der Waals surface area contributed by atoms with Crippen molar-refractivity contribution in [3.63, 3.8) is 0 Å². The smallest absolute Gasteiger partial charge is 0.211 e. The van der Waals surface area contributed by atoms with Crippen molar-refractivity contribution in [2.45, 2.75) is 13.3 Å². The number of nitrogens with zero attached hydrogens (tertiary/aromatic N) is 2. The van der Waals surface area contributed by atoms with Gasteiger partial charge in [-0.15, -0.1) is 0 Å². The van der Waals surface area contributed by atoms with Gasteiger partial charge in [-0.3, -0.25) is 0 Å². The molecule has 0 amide bonds. The third-order valence-electron chi connectivity index (χ3n) is 5.11. The lowest BCUT2D eigenvalue weighted by Gasteiger charge is -2.23. The van der Waals surface area contributed by atoms with Gasteiger partial charge in [-0.05, 0) is 53.8 Å². The Bertz CT molecular complexity index is 1160. The maximum absolute atomic E-state index is 11.7. The second kappa shape index (κ2) is 6.51. The highest BCUT2D eigenvalue weighted by Gasteiger charge is 2.21. The first-order valence-corrected chi connectivity index (χ1v) is 10.7. The maximum Gasteiger partial charge on any atom is 0.211 e. The average Bonchev–Trinajstić information content (AvgIpc) is 3.08. The summed E-state index contributed by atoms with van der Waals surface area (Å²) in [5, 5.41) is 1.03. The lowest BCUT2D eigenvalue weighted by molar-refractivity contribution is 0.445. The Morgan fingerprint density at radius 2 is 2.04 bits per heavy atom. The first-order chi connectivity index (χ1) is 12.8. The number of H-pyrrole nitrogens is 1. The van der Waals surface area contributed by atoms with Gasteiger partial charge in [0.15, 0.2) is 0 Å². The van der Waals surface area contributed by atoms with Crippen LogP contribution in [0.5, 0.6) is 0 Å². The number of nitrogen functional groups attached to an aromatic ring is 1. The van der Waals surface area contributed by atoms with E-state index < -0.39 is 10.0 Å². The number of benzene rings is 1. The van der Waals surface area contributed by atoms with Crippen LogP contribution in [0.4, 0.5) is 5.69 Å². The molecule has 6 nitrogen and oxygen atoms in total. The highest BCUT2D eigenvalue weighted by molar-refractivity contribution is 7.88. The molecule has 3 heterocycles. The van der Waals surface area contributed by atoms with Gasteiger partial charge in [0, 0.05) is 36.1 Å². The summed E-state index contributed by atoms with van der Waals surface area (Å²) >= 11 is 0. The van der Waals surface area contributed by atoms with Crippen molar-refractivity contribution in [2.75, 3.05) is 25.1 Å². The number of aryl methyl sites for hydroxylation is 1. The molecule has 0 unspecified atom stereocenters. The fourth-order valence-electron chi connectivity index (χ4n) is 3.46. The molecule has 4 rings (SSSR count). The standard InChI is InChI=1S/C20H22N4O2S/c1-13-3-4-15(11-18(13)21)16-5-8-22-20-17(16)12-19(23-20)14-6-9-24(10-7-14)27(2,25)26/h3-6,8,11-12H,7,9-10,21H2,1-2H3,(H,22,23). The topological polar surface area (TPSA) is 92.1 Å². The van der Waals surface area contributed by atoms with Crippen molar-refractivity contribution < 1.29 is 8.42 Å². The van der Waals surface area contributed by atoms with E-state index in [1.807, 2.05) is 31.2 Å². The van der Waals surface area contributed by atoms with E-state index in [9.17, 15) is 8.42 Å². The van der Waals surface area contributed by atoms with Crippen molar-refractivity contribution in [2.24, 2.45) is 0 Å². The summed E-state index contributed by atoms with van der Waals surface area (Å²) in [5.74, 6) is 0. The van der Waals surface area contributed by atoms with Crippen LogP contribution < -0.4 is 5.73 Å². The van der Waals surface area contributed by atoms with Crippen LogP contribution >= 0.6 is 0 Å². The predicted octanol–water partition coefficient (Wildman–Crippen LogP) is 3.17. The van der Waals surface area contributed by atoms with Gasteiger partial charge in [0.2, 0.25) is 10.0 Å². The Labute approximate surface area is 158 Å². The van der Waals surface area contributed by atoms with Crippen LogP contribution in [-0.4, -0.2) is 42.0 Å². The number of aromatic nitrogens is 2. The van der Waals surface area contributed by atoms with Crippen LogP contribution in [0.2, 0.25) is 0 Å². The Balaban J connectivity index is 1.73. The summed E-state index contributed by atoms with van der Waals surface area (Å²) in [7, 11) is -3.15. The second-order valence-electron chi connectivity index (χ2n) is 6.98. The maximum atomic E-state index is 11.7. The van der Waals surface area contributed by atoms with E-state index in [0.717, 1.165) is 44.7 Å². The summed E-state index contributed by atoms with van der Waals surface area (Å²) in [6, 6.07) is 10.2. The molecule has 0 atom stereocenters. The quantitative estimate of drug-likeness (QED) is 0.681. The van der Waals surface area contributed by atoms with Crippen molar-refractivity contribution in [1.82, 2.24) is 14.3 Å². The molecule has 0 aliphatic carbocycles. The molecule has 3 N–H and O–H groups in total. The zero-order valence-corrected chi connectivity index (χ0v) is 16.2. The normalized spacial score (nSPS) is 15.9. The number of sulfonamides is 1. The van der Waals surface area contributed by atoms with Crippen LogP contribution in [0.15, 0.2) is 42.6 Å². The van der Waals surface area contributed by atoms with Gasteiger partial charge in [-0.1, -0.05) is 18.2 Å². The van der Waals surface area contributed by atoms with Gasteiger partial charge in [-0.25, -0.2) is 13.4 Å². The minimum absolute atomic E-state index is 0.401. The van der Waals surface area contributed by atoms with Crippen LogP contribution in [0.1, 0.15) is 17.7 Å². The number of hydrogen-bond donors (Lipinski definition) is 2. The van der Waals surface area contributed by atoms with Gasteiger partial charge in [0.1, 0.15) is 5.65 Å². The molecule has 1 aliphatic heterocycles. The Hall–Kier alpha value is -2.64. The molecule has 0 radical (unpaired) electrons. The highest BCUT2D eigenvalue weighted by atomic mass is 32.2. The first-order valence-electron chi connectivity index (χ1n) is 8.81. The van der Waals surface area contributed by atoms with E-state index in [4.69, 9.17) is 5.73 Å². The van der Waals surface area contributed by atoms with Gasteiger partial charge in [0.05, 0.1) is 6.26 Å². The largest absolute Gasteiger partial charge is 0.398 e. The van der Waals surface area contributed by atoms with Crippen molar-refractivity contribution in [3.05, 3.63) is 53.9 Å². The van der Waals surface area contributed by atoms with Gasteiger partial charge >= 0.3 is 0 Å². The second-order valence-corrected chi connectivity index (χ2v) is 8.96. The third kappa shape index (κ3) is 3.36. The molecule has 27 heavy (non-hydrogen) atoms. The number of fused-ring (bicyclic) bond motifs is 1. The van der Waals surface area contributed by atoms with Crippen LogP contribution in [-0.2, 0) is 10.0 Å². The zero-order valence-electron chi connectivity index (χ0n) is 15.4. The SMILES string of the molecule is Cc1ccc(-c2ccnc3[nH]c(C4=CCN(S(C)(=O)=O)CC4)cc23)cc1N. The lowest BCUT2D eigenvalue weighted by atomic mass is 10.0. The lowest BCUT2D eigenvalue weighted by Crippen LogP contribution is -2.33. The van der Waals surface area contributed by atoms with Crippen LogP contribution in [0.25, 0.3) is 27.7 Å². The van der Waals surface area contributed by atoms with E-state index in [0.29, 0.717) is 19.5 Å². The minimum Gasteiger partial charge on any atom is -0.398 e. The molecule has 140 valence electrons. The van der Waals surface area contributed by atoms with Crippen molar-refractivity contribution in [1.29, 1.82) is 0 Å². The zero-order chi connectivity index (χ0) is 19.2. The minimum atomic E-state index is -3.15. The fourth-order valence-corrected chi connectivity index (χ4v) is 4.22. The number of rotatable bonds is 3. The molecule has 0 fully saturated rings. The molecular formula is C20H22N4O2S. The fraction of sp³-hybridized carbons (Fsp3) is 0.250. The van der Waals surface area contributed by atoms with Gasteiger partial charge in [0.25, 0.3) is 0 Å². The summed E-state index contributed by atoms with van der Waals surface area (Å²) in [4.78, 5) is 7.83. The number of nitrogens with one attached hydrogen (secondary N) is 1. The summed E-state index contributed by atoms with van der Waals surface area (Å²) in [6.45, 7) is 2.89.